The van der Waals surface area contributed by atoms with Gasteiger partial charge in [0, 0.05) is 61.7 Å². The molecule has 0 aliphatic carbocycles. The maximum Gasteiger partial charge on any atom is 0.324 e. The lowest BCUT2D eigenvalue weighted by atomic mass is 9.84. The Morgan fingerprint density at radius 3 is 2.63 bits per heavy atom. The first kappa shape index (κ1) is 41.4. The molecule has 3 unspecified atom stereocenters. The predicted octanol–water partition coefficient (Wildman–Crippen LogP) is 5.56. The summed E-state index contributed by atoms with van der Waals surface area (Å²) < 4.78 is 14.1. The molecule has 3 N–H and O–H groups in total. The number of ether oxygens (including phenoxy) is 2. The van der Waals surface area contributed by atoms with Crippen molar-refractivity contribution in [3.63, 3.8) is 0 Å². The number of phenolic OH excluding ortho intramolecular Hbond substituents is 1. The number of cyclic esters (lactones) is 1. The molecule has 13 nitrogen and oxygen atoms in total. The number of rotatable bonds is 9. The zero-order chi connectivity index (χ0) is 41.2. The topological polar surface area (TPSA) is 155 Å². The molecule has 0 radical (unpaired) electrons. The SMILES string of the molecule is CCn1c(-c2cccnc2C(C)OC)c2c3cc(ccc31)-c1cc(O)cc(c1)CC(NC(=O)C(C(C)C)N(C)C=O)C(=O)N1CCC[C@H](N1)C(=O)OCC(C)(C)C2. The Kier molecular flexibility index (Phi) is 12.4. The molecule has 6 rings (SSSR count). The first-order valence-electron chi connectivity index (χ1n) is 19.8. The largest absolute Gasteiger partial charge is 0.508 e. The van der Waals surface area contributed by atoms with E-state index in [9.17, 15) is 24.3 Å². The molecule has 304 valence electrons. The summed E-state index contributed by atoms with van der Waals surface area (Å²) in [6, 6.07) is 12.8. The number of aromatic hydroxyl groups is 1. The molecule has 6 bridgehead atoms. The molecule has 3 amide bonds. The summed E-state index contributed by atoms with van der Waals surface area (Å²) >= 11 is 0. The highest BCUT2D eigenvalue weighted by atomic mass is 16.5. The number of aromatic nitrogens is 2. The fourth-order valence-electron chi connectivity index (χ4n) is 8.35. The number of fused-ring (bicyclic) bond motifs is 6. The second-order valence-corrected chi connectivity index (χ2v) is 16.5. The van der Waals surface area contributed by atoms with Crippen LogP contribution in [-0.4, -0.2) is 94.2 Å². The number of phenols is 1. The monoisotopic (exact) mass is 780 g/mol. The van der Waals surface area contributed by atoms with Crippen LogP contribution in [0.3, 0.4) is 0 Å². The summed E-state index contributed by atoms with van der Waals surface area (Å²) in [7, 11) is 3.21. The molecule has 0 saturated carbocycles. The summed E-state index contributed by atoms with van der Waals surface area (Å²) in [5.41, 5.74) is 9.67. The molecule has 13 heteroatoms. The third-order valence-corrected chi connectivity index (χ3v) is 11.2. The van der Waals surface area contributed by atoms with Crippen LogP contribution < -0.4 is 10.7 Å². The number of esters is 1. The Hall–Kier alpha value is -5.27. The molecule has 2 aromatic heterocycles. The number of pyridine rings is 1. The number of hydrogen-bond donors (Lipinski definition) is 3. The lowest BCUT2D eigenvalue weighted by Crippen LogP contribution is -2.61. The van der Waals surface area contributed by atoms with Crippen LogP contribution >= 0.6 is 0 Å². The van der Waals surface area contributed by atoms with Crippen LogP contribution in [0.1, 0.15) is 77.3 Å². The van der Waals surface area contributed by atoms with Gasteiger partial charge in [0.2, 0.25) is 12.3 Å². The molecule has 0 spiro atoms. The predicted molar refractivity (Wildman–Crippen MR) is 218 cm³/mol. The Labute approximate surface area is 334 Å². The van der Waals surface area contributed by atoms with Crippen LogP contribution in [0.4, 0.5) is 0 Å². The summed E-state index contributed by atoms with van der Waals surface area (Å²) in [4.78, 5) is 59.7. The quantitative estimate of drug-likeness (QED) is 0.146. The van der Waals surface area contributed by atoms with Crippen LogP contribution in [-0.2, 0) is 48.0 Å². The van der Waals surface area contributed by atoms with Gasteiger partial charge >= 0.3 is 5.97 Å². The van der Waals surface area contributed by atoms with Crippen LogP contribution in [0.2, 0.25) is 0 Å². The molecular weight excluding hydrogens is 725 g/mol. The highest BCUT2D eigenvalue weighted by Crippen LogP contribution is 2.42. The van der Waals surface area contributed by atoms with E-state index in [1.807, 2.05) is 39.0 Å². The van der Waals surface area contributed by atoms with Gasteiger partial charge in [-0.3, -0.25) is 29.2 Å². The van der Waals surface area contributed by atoms with Crippen molar-refractivity contribution in [2.24, 2.45) is 11.3 Å². The van der Waals surface area contributed by atoms with E-state index >= 15 is 0 Å². The smallest absolute Gasteiger partial charge is 0.324 e. The summed E-state index contributed by atoms with van der Waals surface area (Å²) in [6.45, 7) is 13.0. The highest BCUT2D eigenvalue weighted by molar-refractivity contribution is 5.96. The number of methoxy groups -OCH3 is 1. The number of nitrogens with zero attached hydrogens (tertiary/aromatic N) is 4. The number of likely N-dealkylation sites (N-methyl/N-ethyl adjacent to an activating group) is 1. The maximum atomic E-state index is 14.4. The fraction of sp³-hybridized carbons (Fsp3) is 0.477. The number of benzene rings is 2. The second kappa shape index (κ2) is 17.1. The average molecular weight is 781 g/mol. The van der Waals surface area contributed by atoms with Crippen LogP contribution in [0.25, 0.3) is 33.3 Å². The van der Waals surface area contributed by atoms with Gasteiger partial charge in [0.05, 0.1) is 24.1 Å². The van der Waals surface area contributed by atoms with Gasteiger partial charge in [-0.25, -0.2) is 5.43 Å². The van der Waals surface area contributed by atoms with E-state index < -0.39 is 41.3 Å². The fourth-order valence-corrected chi connectivity index (χ4v) is 8.35. The summed E-state index contributed by atoms with van der Waals surface area (Å²) in [5.74, 6) is -1.62. The Bertz CT molecular complexity index is 2140. The average Bonchev–Trinajstić information content (AvgIpc) is 3.49. The van der Waals surface area contributed by atoms with Crippen molar-refractivity contribution >= 4 is 35.1 Å². The van der Waals surface area contributed by atoms with Crippen LogP contribution in [0, 0.1) is 11.3 Å². The van der Waals surface area contributed by atoms with Crippen molar-refractivity contribution in [1.29, 1.82) is 0 Å². The van der Waals surface area contributed by atoms with Gasteiger partial charge in [0.1, 0.15) is 23.9 Å². The summed E-state index contributed by atoms with van der Waals surface area (Å²) in [5, 5.41) is 16.5. The van der Waals surface area contributed by atoms with Gasteiger partial charge in [-0.15, -0.1) is 0 Å². The van der Waals surface area contributed by atoms with Gasteiger partial charge in [0.15, 0.2) is 0 Å². The van der Waals surface area contributed by atoms with Gasteiger partial charge in [-0.05, 0) is 97.7 Å². The molecule has 2 aromatic carbocycles. The lowest BCUT2D eigenvalue weighted by molar-refractivity contribution is -0.155. The molecule has 2 aliphatic heterocycles. The highest BCUT2D eigenvalue weighted by Gasteiger charge is 2.37. The third-order valence-electron chi connectivity index (χ3n) is 11.2. The van der Waals surface area contributed by atoms with Crippen molar-refractivity contribution in [1.82, 2.24) is 30.2 Å². The lowest BCUT2D eigenvalue weighted by Gasteiger charge is -2.36. The standard InChI is InChI=1S/C44H56N6O7/c1-9-49-37-15-14-29-22-33(37)34(40(49)32-12-10-16-45-38(32)27(4)56-8)23-44(5,6)24-57-43(55)35-13-11-17-50(47-35)42(54)36(20-28-18-30(29)21-31(52)19-28)46-41(53)39(26(2)3)48(7)25-51/h10,12,14-16,18-19,21-22,25-27,35-36,39,47,52H,9,11,13,17,20,23-24H2,1-8H3,(H,46,53)/t27?,35-,36?,39?/m0/s1. The van der Waals surface area contributed by atoms with Gasteiger partial charge < -0.3 is 29.4 Å². The number of amides is 3. The Balaban J connectivity index is 1.54. The molecule has 1 saturated heterocycles. The second-order valence-electron chi connectivity index (χ2n) is 16.5. The number of hydrogen-bond acceptors (Lipinski definition) is 9. The molecule has 57 heavy (non-hydrogen) atoms. The van der Waals surface area contributed by atoms with E-state index in [1.165, 1.54) is 17.0 Å². The Morgan fingerprint density at radius 1 is 1.16 bits per heavy atom. The van der Waals surface area contributed by atoms with E-state index in [1.54, 1.807) is 25.4 Å². The number of carbonyl (C=O) groups excluding carboxylic acids is 4. The minimum Gasteiger partial charge on any atom is -0.508 e. The van der Waals surface area contributed by atoms with Crippen molar-refractivity contribution < 1.29 is 33.8 Å². The van der Waals surface area contributed by atoms with E-state index in [4.69, 9.17) is 14.5 Å². The molecule has 1 fully saturated rings. The number of carbonyl (C=O) groups is 4. The van der Waals surface area contributed by atoms with Crippen molar-refractivity contribution in [2.45, 2.75) is 98.0 Å². The minimum atomic E-state index is -1.09. The molecule has 4 heterocycles. The minimum absolute atomic E-state index is 0.0101. The maximum absolute atomic E-state index is 14.4. The van der Waals surface area contributed by atoms with Crippen molar-refractivity contribution in [3.8, 4) is 28.1 Å². The van der Waals surface area contributed by atoms with Gasteiger partial charge in [0.25, 0.3) is 5.91 Å². The molecule has 4 atom stereocenters. The van der Waals surface area contributed by atoms with E-state index in [0.29, 0.717) is 44.3 Å². The van der Waals surface area contributed by atoms with E-state index in [0.717, 1.165) is 44.5 Å². The van der Waals surface area contributed by atoms with Crippen molar-refractivity contribution in [2.75, 3.05) is 27.3 Å². The number of hydrazine groups is 1. The van der Waals surface area contributed by atoms with E-state index in [-0.39, 0.29) is 30.8 Å². The first-order chi connectivity index (χ1) is 27.2. The zero-order valence-electron chi connectivity index (χ0n) is 34.3. The Morgan fingerprint density at radius 2 is 1.93 bits per heavy atom. The zero-order valence-corrected chi connectivity index (χ0v) is 34.3. The normalized spacial score (nSPS) is 19.8. The van der Waals surface area contributed by atoms with Gasteiger partial charge in [-0.2, -0.15) is 0 Å². The molecule has 2 aliphatic rings. The third kappa shape index (κ3) is 8.69. The molecular formula is C44H56N6O7. The summed E-state index contributed by atoms with van der Waals surface area (Å²) in [6.07, 6.45) is 3.70. The van der Waals surface area contributed by atoms with Crippen molar-refractivity contribution in [3.05, 3.63) is 71.5 Å². The van der Waals surface area contributed by atoms with Crippen LogP contribution in [0.15, 0.2) is 54.7 Å². The van der Waals surface area contributed by atoms with E-state index in [2.05, 4.69) is 54.3 Å². The van der Waals surface area contributed by atoms with Gasteiger partial charge in [-0.1, -0.05) is 39.8 Å². The number of nitrogens with one attached hydrogen (secondary N) is 2. The molecule has 4 aromatic rings. The number of aryl methyl sites for hydroxylation is 1. The first-order valence-corrected chi connectivity index (χ1v) is 19.8. The van der Waals surface area contributed by atoms with Crippen LogP contribution in [0.5, 0.6) is 5.75 Å².